The van der Waals surface area contributed by atoms with Crippen molar-refractivity contribution in [2.45, 2.75) is 31.3 Å². The van der Waals surface area contributed by atoms with E-state index in [-0.39, 0.29) is 5.91 Å². The fraction of sp³-hybridized carbons (Fsp3) is 0.632. The summed E-state index contributed by atoms with van der Waals surface area (Å²) < 4.78 is 0. The highest BCUT2D eigenvalue weighted by molar-refractivity contribution is 7.99. The van der Waals surface area contributed by atoms with Crippen molar-refractivity contribution in [2.24, 2.45) is 0 Å². The molecular formula is C19H28N2O2S. The van der Waals surface area contributed by atoms with E-state index in [0.29, 0.717) is 13.0 Å². The van der Waals surface area contributed by atoms with Gasteiger partial charge in [-0.15, -0.1) is 0 Å². The van der Waals surface area contributed by atoms with E-state index in [0.717, 1.165) is 56.9 Å². The Morgan fingerprint density at radius 2 is 1.88 bits per heavy atom. The number of amides is 1. The number of benzene rings is 1. The fourth-order valence-electron chi connectivity index (χ4n) is 3.67. The van der Waals surface area contributed by atoms with E-state index in [1.165, 1.54) is 5.56 Å². The van der Waals surface area contributed by atoms with Gasteiger partial charge in [-0.1, -0.05) is 30.3 Å². The summed E-state index contributed by atoms with van der Waals surface area (Å²) in [5.41, 5.74) is 0.135. The second kappa shape index (κ2) is 8.37. The number of carbonyl (C=O) groups is 1. The largest absolute Gasteiger partial charge is 0.379 e. The van der Waals surface area contributed by atoms with Crippen molar-refractivity contribution in [3.63, 3.8) is 0 Å². The zero-order chi connectivity index (χ0) is 16.8. The highest BCUT2D eigenvalue weighted by Gasteiger charge is 2.43. The molecule has 0 aromatic heterocycles. The van der Waals surface area contributed by atoms with E-state index in [9.17, 15) is 9.90 Å². The Kier molecular flexibility index (Phi) is 6.19. The Morgan fingerprint density at radius 1 is 1.12 bits per heavy atom. The standard InChI is InChI=1S/C19H28N2O2S/c22-18-19(23,16-20-12-14-24-15-13-20)9-5-11-21(18)10-4-8-17-6-2-1-3-7-17/h1-3,6-7,23H,4-5,8-16H2/t19-/m1/s1. The van der Waals surface area contributed by atoms with Crippen LogP contribution in [0.3, 0.4) is 0 Å². The number of carbonyl (C=O) groups excluding carboxylic acids is 1. The van der Waals surface area contributed by atoms with Crippen molar-refractivity contribution in [3.05, 3.63) is 35.9 Å². The molecule has 2 heterocycles. The first kappa shape index (κ1) is 17.8. The maximum Gasteiger partial charge on any atom is 0.255 e. The smallest absolute Gasteiger partial charge is 0.255 e. The topological polar surface area (TPSA) is 43.8 Å². The van der Waals surface area contributed by atoms with Gasteiger partial charge in [-0.05, 0) is 31.2 Å². The third-order valence-electron chi connectivity index (χ3n) is 5.03. The van der Waals surface area contributed by atoms with Gasteiger partial charge in [0.2, 0.25) is 0 Å². The van der Waals surface area contributed by atoms with Crippen LogP contribution in [0.15, 0.2) is 30.3 Å². The molecule has 2 fully saturated rings. The maximum atomic E-state index is 12.8. The molecule has 3 rings (SSSR count). The average molecular weight is 349 g/mol. The molecule has 0 aliphatic carbocycles. The predicted molar refractivity (Wildman–Crippen MR) is 99.3 cm³/mol. The van der Waals surface area contributed by atoms with Crippen LogP contribution in [0.1, 0.15) is 24.8 Å². The Labute approximate surface area is 149 Å². The van der Waals surface area contributed by atoms with Crippen LogP contribution in [0.4, 0.5) is 0 Å². The molecule has 5 heteroatoms. The quantitative estimate of drug-likeness (QED) is 0.854. The number of hydrogen-bond donors (Lipinski definition) is 1. The Bertz CT molecular complexity index is 533. The summed E-state index contributed by atoms with van der Waals surface area (Å²) in [4.78, 5) is 16.9. The summed E-state index contributed by atoms with van der Waals surface area (Å²) in [6, 6.07) is 10.4. The van der Waals surface area contributed by atoms with Crippen molar-refractivity contribution in [1.82, 2.24) is 9.80 Å². The van der Waals surface area contributed by atoms with E-state index in [4.69, 9.17) is 0 Å². The zero-order valence-corrected chi connectivity index (χ0v) is 15.1. The van der Waals surface area contributed by atoms with Crippen LogP contribution in [0.25, 0.3) is 0 Å². The summed E-state index contributed by atoms with van der Waals surface area (Å²) >= 11 is 1.95. The van der Waals surface area contributed by atoms with Crippen molar-refractivity contribution < 1.29 is 9.90 Å². The number of nitrogens with zero attached hydrogens (tertiary/aromatic N) is 2. The monoisotopic (exact) mass is 348 g/mol. The highest BCUT2D eigenvalue weighted by atomic mass is 32.2. The van der Waals surface area contributed by atoms with Gasteiger partial charge in [0.15, 0.2) is 5.60 Å². The third-order valence-corrected chi connectivity index (χ3v) is 5.97. The number of β-amino-alcohol motifs (C(OH)–C–C–N with tert-alkyl or cyclic N) is 1. The van der Waals surface area contributed by atoms with Crippen LogP contribution in [0.2, 0.25) is 0 Å². The van der Waals surface area contributed by atoms with Crippen LogP contribution in [-0.2, 0) is 11.2 Å². The van der Waals surface area contributed by atoms with Gasteiger partial charge >= 0.3 is 0 Å². The minimum absolute atomic E-state index is 0.0555. The molecule has 24 heavy (non-hydrogen) atoms. The van der Waals surface area contributed by atoms with Gasteiger partial charge in [0.25, 0.3) is 5.91 Å². The van der Waals surface area contributed by atoms with Crippen molar-refractivity contribution in [1.29, 1.82) is 0 Å². The second-order valence-corrected chi connectivity index (χ2v) is 8.13. The van der Waals surface area contributed by atoms with Gasteiger partial charge in [-0.2, -0.15) is 11.8 Å². The number of likely N-dealkylation sites (tertiary alicyclic amines) is 1. The number of thioether (sulfide) groups is 1. The van der Waals surface area contributed by atoms with Crippen LogP contribution < -0.4 is 0 Å². The Morgan fingerprint density at radius 3 is 2.62 bits per heavy atom. The van der Waals surface area contributed by atoms with Gasteiger partial charge in [-0.25, -0.2) is 0 Å². The normalized spacial score (nSPS) is 25.9. The van der Waals surface area contributed by atoms with Crippen molar-refractivity contribution in [2.75, 3.05) is 44.2 Å². The third kappa shape index (κ3) is 4.52. The maximum absolute atomic E-state index is 12.8. The first-order chi connectivity index (χ1) is 11.7. The fourth-order valence-corrected chi connectivity index (χ4v) is 4.65. The number of aliphatic hydroxyl groups is 1. The Balaban J connectivity index is 1.51. The summed E-state index contributed by atoms with van der Waals surface area (Å²) in [6.45, 7) is 3.99. The zero-order valence-electron chi connectivity index (χ0n) is 14.3. The van der Waals surface area contributed by atoms with Gasteiger partial charge < -0.3 is 10.0 Å². The molecule has 0 bridgehead atoms. The molecule has 132 valence electrons. The van der Waals surface area contributed by atoms with Gasteiger partial charge in [-0.3, -0.25) is 9.69 Å². The molecule has 0 saturated carbocycles. The van der Waals surface area contributed by atoms with Gasteiger partial charge in [0.05, 0.1) is 0 Å². The number of rotatable bonds is 6. The van der Waals surface area contributed by atoms with Crippen molar-refractivity contribution in [3.8, 4) is 0 Å². The molecule has 1 atom stereocenters. The molecular weight excluding hydrogens is 320 g/mol. The van der Waals surface area contributed by atoms with E-state index < -0.39 is 5.60 Å². The summed E-state index contributed by atoms with van der Waals surface area (Å²) in [5, 5.41) is 10.9. The number of piperidine rings is 1. The average Bonchev–Trinajstić information content (AvgIpc) is 2.61. The summed E-state index contributed by atoms with van der Waals surface area (Å²) in [6.07, 6.45) is 3.43. The first-order valence-electron chi connectivity index (χ1n) is 9.03. The molecule has 0 spiro atoms. The lowest BCUT2D eigenvalue weighted by Gasteiger charge is -2.41. The highest BCUT2D eigenvalue weighted by Crippen LogP contribution is 2.25. The van der Waals surface area contributed by atoms with Gasteiger partial charge in [0.1, 0.15) is 0 Å². The molecule has 1 N–H and O–H groups in total. The minimum atomic E-state index is -1.17. The molecule has 0 radical (unpaired) electrons. The van der Waals surface area contributed by atoms with E-state index in [1.54, 1.807) is 0 Å². The molecule has 1 aromatic carbocycles. The van der Waals surface area contributed by atoms with E-state index >= 15 is 0 Å². The molecule has 0 unspecified atom stereocenters. The summed E-state index contributed by atoms with van der Waals surface area (Å²) in [5.74, 6) is 2.15. The minimum Gasteiger partial charge on any atom is -0.379 e. The summed E-state index contributed by atoms with van der Waals surface area (Å²) in [7, 11) is 0. The van der Waals surface area contributed by atoms with Crippen LogP contribution >= 0.6 is 11.8 Å². The number of hydrogen-bond acceptors (Lipinski definition) is 4. The second-order valence-electron chi connectivity index (χ2n) is 6.91. The first-order valence-corrected chi connectivity index (χ1v) is 10.2. The molecule has 1 aromatic rings. The van der Waals surface area contributed by atoms with Crippen molar-refractivity contribution >= 4 is 17.7 Å². The predicted octanol–water partition coefficient (Wildman–Crippen LogP) is 2.02. The van der Waals surface area contributed by atoms with Crippen LogP contribution in [-0.4, -0.2) is 70.6 Å². The lowest BCUT2D eigenvalue weighted by Crippen LogP contribution is -2.59. The van der Waals surface area contributed by atoms with Crippen LogP contribution in [0, 0.1) is 0 Å². The van der Waals surface area contributed by atoms with Crippen LogP contribution in [0.5, 0.6) is 0 Å². The number of aryl methyl sites for hydroxylation is 1. The van der Waals surface area contributed by atoms with E-state index in [2.05, 4.69) is 29.2 Å². The van der Waals surface area contributed by atoms with Gasteiger partial charge in [0, 0.05) is 44.2 Å². The lowest BCUT2D eigenvalue weighted by atomic mass is 9.90. The molecule has 2 aliphatic heterocycles. The molecule has 2 aliphatic rings. The molecule has 1 amide bonds. The van der Waals surface area contributed by atoms with E-state index in [1.807, 2.05) is 22.7 Å². The molecule has 2 saturated heterocycles. The molecule has 4 nitrogen and oxygen atoms in total. The lowest BCUT2D eigenvalue weighted by molar-refractivity contribution is -0.159. The SMILES string of the molecule is O=C1N(CCCc2ccccc2)CCC[C@@]1(O)CN1CCSCC1. The Hall–Kier alpha value is -1.04.